The lowest BCUT2D eigenvalue weighted by Crippen LogP contribution is -2.08. The fraction of sp³-hybridized carbons (Fsp3) is 0.158. The summed E-state index contributed by atoms with van der Waals surface area (Å²) >= 11 is 0. The summed E-state index contributed by atoms with van der Waals surface area (Å²) in [5.41, 5.74) is 0.633. The van der Waals surface area contributed by atoms with E-state index in [0.717, 1.165) is 6.26 Å². The molecule has 0 aliphatic rings. The van der Waals surface area contributed by atoms with Crippen molar-refractivity contribution in [3.8, 4) is 5.75 Å². The number of fused-ring (bicyclic) bond motifs is 1. The highest BCUT2D eigenvalue weighted by Crippen LogP contribution is 2.27. The van der Waals surface area contributed by atoms with Gasteiger partial charge in [-0.2, -0.15) is 0 Å². The second-order valence-corrected chi connectivity index (χ2v) is 8.07. The van der Waals surface area contributed by atoms with Gasteiger partial charge < -0.3 is 14.3 Å². The standard InChI is InChI=1S/C19H16O7S/c1-11-16(20)8-7-15-13(9-17(21)26-18(11)15)10-25-19(22)12-3-5-14(6-4-12)27(2,23)24/h3-9,20H,10H2,1-2H3. The number of phenols is 1. The van der Waals surface area contributed by atoms with Crippen LogP contribution < -0.4 is 5.63 Å². The monoisotopic (exact) mass is 388 g/mol. The maximum atomic E-state index is 12.2. The summed E-state index contributed by atoms with van der Waals surface area (Å²) in [5.74, 6) is -0.669. The molecule has 0 saturated heterocycles. The van der Waals surface area contributed by atoms with Crippen LogP contribution >= 0.6 is 0 Å². The number of carbonyl (C=O) groups excluding carboxylic acids is 1. The second kappa shape index (κ2) is 6.88. The Balaban J connectivity index is 1.85. The Bertz CT molecular complexity index is 1190. The number of aromatic hydroxyl groups is 1. The quantitative estimate of drug-likeness (QED) is 0.540. The Hall–Kier alpha value is -3.13. The minimum absolute atomic E-state index is 0.00855. The van der Waals surface area contributed by atoms with Gasteiger partial charge in [0.1, 0.15) is 17.9 Å². The Morgan fingerprint density at radius 1 is 1.15 bits per heavy atom. The first-order valence-corrected chi connectivity index (χ1v) is 9.78. The van der Waals surface area contributed by atoms with Crippen molar-refractivity contribution in [2.24, 2.45) is 0 Å². The number of hydrogen-bond acceptors (Lipinski definition) is 7. The number of esters is 1. The molecule has 0 amide bonds. The van der Waals surface area contributed by atoms with Crippen molar-refractivity contribution in [2.75, 3.05) is 6.26 Å². The Kier molecular flexibility index (Phi) is 4.75. The molecule has 0 spiro atoms. The van der Waals surface area contributed by atoms with Crippen molar-refractivity contribution in [2.45, 2.75) is 18.4 Å². The number of aryl methyl sites for hydroxylation is 1. The predicted octanol–water partition coefficient (Wildman–Crippen LogP) is 2.57. The average molecular weight is 388 g/mol. The van der Waals surface area contributed by atoms with E-state index in [4.69, 9.17) is 9.15 Å². The van der Waals surface area contributed by atoms with Gasteiger partial charge in [-0.15, -0.1) is 0 Å². The van der Waals surface area contributed by atoms with E-state index in [1.807, 2.05) is 0 Å². The van der Waals surface area contributed by atoms with E-state index >= 15 is 0 Å². The topological polar surface area (TPSA) is 111 Å². The van der Waals surface area contributed by atoms with Crippen molar-refractivity contribution in [1.82, 2.24) is 0 Å². The van der Waals surface area contributed by atoms with E-state index in [2.05, 4.69) is 0 Å². The van der Waals surface area contributed by atoms with Crippen molar-refractivity contribution in [3.05, 3.63) is 69.6 Å². The molecule has 0 saturated carbocycles. The minimum atomic E-state index is -3.35. The molecule has 1 heterocycles. The van der Waals surface area contributed by atoms with Gasteiger partial charge >= 0.3 is 11.6 Å². The molecule has 0 radical (unpaired) electrons. The van der Waals surface area contributed by atoms with E-state index in [9.17, 15) is 23.1 Å². The molecule has 0 fully saturated rings. The van der Waals surface area contributed by atoms with Gasteiger partial charge in [-0.3, -0.25) is 0 Å². The molecule has 0 bridgehead atoms. The number of phenolic OH excluding ortho intramolecular Hbond substituents is 1. The zero-order valence-corrected chi connectivity index (χ0v) is 15.4. The van der Waals surface area contributed by atoms with Crippen molar-refractivity contribution < 1.29 is 27.5 Å². The molecule has 140 valence electrons. The zero-order chi connectivity index (χ0) is 19.8. The van der Waals surface area contributed by atoms with Gasteiger partial charge in [0.15, 0.2) is 9.84 Å². The van der Waals surface area contributed by atoms with E-state index in [-0.39, 0.29) is 28.4 Å². The van der Waals surface area contributed by atoms with Gasteiger partial charge in [0.25, 0.3) is 0 Å². The number of sulfone groups is 1. The van der Waals surface area contributed by atoms with E-state index in [0.29, 0.717) is 16.5 Å². The molecule has 2 aromatic carbocycles. The van der Waals surface area contributed by atoms with Crippen LogP contribution in [-0.4, -0.2) is 25.7 Å². The fourth-order valence-corrected chi connectivity index (χ4v) is 3.23. The zero-order valence-electron chi connectivity index (χ0n) is 14.6. The van der Waals surface area contributed by atoms with Gasteiger partial charge in [0, 0.05) is 28.8 Å². The van der Waals surface area contributed by atoms with Crippen LogP contribution in [0.3, 0.4) is 0 Å². The molecule has 8 heteroatoms. The first kappa shape index (κ1) is 18.7. The van der Waals surface area contributed by atoms with Crippen LogP contribution in [0.5, 0.6) is 5.75 Å². The third-order valence-electron chi connectivity index (χ3n) is 4.09. The highest BCUT2D eigenvalue weighted by atomic mass is 32.2. The van der Waals surface area contributed by atoms with Gasteiger partial charge in [0.05, 0.1) is 10.5 Å². The molecular weight excluding hydrogens is 372 g/mol. The Morgan fingerprint density at radius 2 is 1.81 bits per heavy atom. The van der Waals surface area contributed by atoms with Gasteiger partial charge in [0.2, 0.25) is 0 Å². The van der Waals surface area contributed by atoms with Crippen LogP contribution in [0.1, 0.15) is 21.5 Å². The molecule has 1 aromatic heterocycles. The molecule has 0 unspecified atom stereocenters. The molecule has 3 aromatic rings. The van der Waals surface area contributed by atoms with Crippen molar-refractivity contribution in [1.29, 1.82) is 0 Å². The SMILES string of the molecule is Cc1c(O)ccc2c(COC(=O)c3ccc(S(C)(=O)=O)cc3)cc(=O)oc12. The van der Waals surface area contributed by atoms with Crippen LogP contribution in [0.25, 0.3) is 11.0 Å². The molecule has 0 aliphatic carbocycles. The van der Waals surface area contributed by atoms with Crippen LogP contribution in [0.4, 0.5) is 0 Å². The van der Waals surface area contributed by atoms with Crippen LogP contribution in [0.15, 0.2) is 56.6 Å². The number of hydrogen-bond donors (Lipinski definition) is 1. The van der Waals surface area contributed by atoms with Crippen LogP contribution in [0.2, 0.25) is 0 Å². The van der Waals surface area contributed by atoms with Crippen LogP contribution in [0, 0.1) is 6.92 Å². The lowest BCUT2D eigenvalue weighted by atomic mass is 10.1. The fourth-order valence-electron chi connectivity index (χ4n) is 2.60. The lowest BCUT2D eigenvalue weighted by molar-refractivity contribution is 0.0473. The number of carbonyl (C=O) groups is 1. The largest absolute Gasteiger partial charge is 0.508 e. The summed E-state index contributed by atoms with van der Waals surface area (Å²) in [6.45, 7) is 1.43. The first-order valence-electron chi connectivity index (χ1n) is 7.89. The molecule has 1 N–H and O–H groups in total. The summed E-state index contributed by atoms with van der Waals surface area (Å²) in [6, 6.07) is 9.63. The smallest absolute Gasteiger partial charge is 0.338 e. The van der Waals surface area contributed by atoms with Gasteiger partial charge in [-0.1, -0.05) is 0 Å². The maximum absolute atomic E-state index is 12.2. The van der Waals surface area contributed by atoms with Gasteiger partial charge in [-0.05, 0) is 43.3 Å². The molecule has 27 heavy (non-hydrogen) atoms. The normalized spacial score (nSPS) is 11.5. The molecule has 0 aliphatic heterocycles. The maximum Gasteiger partial charge on any atom is 0.338 e. The molecule has 3 rings (SSSR count). The molecule has 0 atom stereocenters. The summed E-state index contributed by atoms with van der Waals surface area (Å²) in [4.78, 5) is 24.1. The highest BCUT2D eigenvalue weighted by molar-refractivity contribution is 7.90. The highest BCUT2D eigenvalue weighted by Gasteiger charge is 2.14. The predicted molar refractivity (Wildman–Crippen MR) is 97.6 cm³/mol. The Morgan fingerprint density at radius 3 is 2.44 bits per heavy atom. The summed E-state index contributed by atoms with van der Waals surface area (Å²) in [5, 5.41) is 10.3. The number of benzene rings is 2. The van der Waals surface area contributed by atoms with Gasteiger partial charge in [-0.25, -0.2) is 18.0 Å². The summed E-state index contributed by atoms with van der Waals surface area (Å²) < 4.78 is 33.3. The third kappa shape index (κ3) is 3.85. The second-order valence-electron chi connectivity index (χ2n) is 6.05. The van der Waals surface area contributed by atoms with Crippen molar-refractivity contribution in [3.63, 3.8) is 0 Å². The minimum Gasteiger partial charge on any atom is -0.508 e. The lowest BCUT2D eigenvalue weighted by Gasteiger charge is -2.09. The molecule has 7 nitrogen and oxygen atoms in total. The van der Waals surface area contributed by atoms with Crippen LogP contribution in [-0.2, 0) is 21.2 Å². The first-order chi connectivity index (χ1) is 12.7. The summed E-state index contributed by atoms with van der Waals surface area (Å²) in [6.07, 6.45) is 1.08. The average Bonchev–Trinajstić information content (AvgIpc) is 2.62. The Labute approximate surface area is 154 Å². The summed E-state index contributed by atoms with van der Waals surface area (Å²) in [7, 11) is -3.35. The van der Waals surface area contributed by atoms with Crippen molar-refractivity contribution >= 4 is 26.8 Å². The van der Waals surface area contributed by atoms with E-state index in [1.54, 1.807) is 13.0 Å². The number of ether oxygens (including phenoxy) is 1. The third-order valence-corrected chi connectivity index (χ3v) is 5.22. The number of rotatable bonds is 4. The van der Waals surface area contributed by atoms with E-state index < -0.39 is 21.4 Å². The van der Waals surface area contributed by atoms with E-state index in [1.165, 1.54) is 36.4 Å². The molecular formula is C19H16O7S.